The standard InChI is InChI=1S/C22H31N5O2S/c1-2-23-22(26-18-9-13-27(14-10-18)20-8-4-15-30-20)25-12-5-11-24-21(29)17-6-3-7-19(28)16-17/h3-4,6-8,15-16,18,28H,2,5,9-14H2,1H3,(H,24,29)(H2,23,25,26). The van der Waals surface area contributed by atoms with Gasteiger partial charge in [0.15, 0.2) is 5.96 Å². The van der Waals surface area contributed by atoms with E-state index in [1.54, 1.807) is 29.5 Å². The van der Waals surface area contributed by atoms with E-state index >= 15 is 0 Å². The Balaban J connectivity index is 1.38. The molecular weight excluding hydrogens is 398 g/mol. The van der Waals surface area contributed by atoms with Gasteiger partial charge in [0, 0.05) is 44.3 Å². The molecule has 1 aromatic heterocycles. The zero-order chi connectivity index (χ0) is 21.2. The first-order chi connectivity index (χ1) is 14.7. The van der Waals surface area contributed by atoms with Crippen molar-refractivity contribution in [1.29, 1.82) is 0 Å². The molecule has 162 valence electrons. The fourth-order valence-electron chi connectivity index (χ4n) is 3.43. The summed E-state index contributed by atoms with van der Waals surface area (Å²) in [5.41, 5.74) is 0.461. The van der Waals surface area contributed by atoms with Gasteiger partial charge in [0.25, 0.3) is 5.91 Å². The first-order valence-electron chi connectivity index (χ1n) is 10.6. The lowest BCUT2D eigenvalue weighted by Crippen LogP contribution is -2.48. The molecule has 2 aromatic rings. The Kier molecular flexibility index (Phi) is 8.38. The SMILES string of the molecule is CCNC(=NCCCNC(=O)c1cccc(O)c1)NC1CCN(c2cccs2)CC1. The number of carbonyl (C=O) groups excluding carboxylic acids is 1. The van der Waals surface area contributed by atoms with E-state index in [4.69, 9.17) is 0 Å². The van der Waals surface area contributed by atoms with E-state index in [1.165, 1.54) is 11.1 Å². The summed E-state index contributed by atoms with van der Waals surface area (Å²) in [4.78, 5) is 19.2. The molecule has 0 unspecified atom stereocenters. The summed E-state index contributed by atoms with van der Waals surface area (Å²) in [6, 6.07) is 11.1. The van der Waals surface area contributed by atoms with Crippen molar-refractivity contribution in [2.24, 2.45) is 4.99 Å². The molecule has 2 heterocycles. The van der Waals surface area contributed by atoms with Gasteiger partial charge in [-0.1, -0.05) is 6.07 Å². The number of hydrogen-bond acceptors (Lipinski definition) is 5. The lowest BCUT2D eigenvalue weighted by molar-refractivity contribution is 0.0953. The van der Waals surface area contributed by atoms with Crippen LogP contribution in [0.1, 0.15) is 36.5 Å². The number of carbonyl (C=O) groups is 1. The maximum atomic E-state index is 12.1. The van der Waals surface area contributed by atoms with Crippen molar-refractivity contribution < 1.29 is 9.90 Å². The maximum absolute atomic E-state index is 12.1. The summed E-state index contributed by atoms with van der Waals surface area (Å²) >= 11 is 1.80. The average Bonchev–Trinajstić information content (AvgIpc) is 3.29. The first-order valence-corrected chi connectivity index (χ1v) is 11.4. The normalized spacial score (nSPS) is 15.1. The van der Waals surface area contributed by atoms with Gasteiger partial charge < -0.3 is 26.0 Å². The predicted octanol–water partition coefficient (Wildman–Crippen LogP) is 2.80. The molecule has 0 spiro atoms. The molecule has 8 heteroatoms. The average molecular weight is 430 g/mol. The van der Waals surface area contributed by atoms with Crippen LogP contribution >= 0.6 is 11.3 Å². The van der Waals surface area contributed by atoms with Crippen molar-refractivity contribution in [2.75, 3.05) is 37.6 Å². The van der Waals surface area contributed by atoms with Crippen molar-refractivity contribution in [1.82, 2.24) is 16.0 Å². The summed E-state index contributed by atoms with van der Waals surface area (Å²) < 4.78 is 0. The van der Waals surface area contributed by atoms with Gasteiger partial charge in [-0.15, -0.1) is 11.3 Å². The monoisotopic (exact) mass is 429 g/mol. The second kappa shape index (κ2) is 11.4. The number of anilines is 1. The number of phenols is 1. The Labute approximate surface area is 182 Å². The molecular formula is C22H31N5O2S. The Morgan fingerprint density at radius 1 is 1.23 bits per heavy atom. The quantitative estimate of drug-likeness (QED) is 0.294. The van der Waals surface area contributed by atoms with Gasteiger partial charge in [-0.25, -0.2) is 0 Å². The van der Waals surface area contributed by atoms with Crippen LogP contribution in [0.15, 0.2) is 46.8 Å². The Morgan fingerprint density at radius 3 is 2.77 bits per heavy atom. The number of piperidine rings is 1. The molecule has 0 radical (unpaired) electrons. The van der Waals surface area contributed by atoms with Gasteiger partial charge in [0.05, 0.1) is 5.00 Å². The van der Waals surface area contributed by atoms with Gasteiger partial charge in [-0.05, 0) is 61.9 Å². The van der Waals surface area contributed by atoms with Gasteiger partial charge >= 0.3 is 0 Å². The van der Waals surface area contributed by atoms with Crippen molar-refractivity contribution in [3.05, 3.63) is 47.3 Å². The third-order valence-corrected chi connectivity index (χ3v) is 5.93. The number of aliphatic imine (C=N–C) groups is 1. The number of guanidine groups is 1. The number of phenolic OH excluding ortho intramolecular Hbond substituents is 1. The molecule has 30 heavy (non-hydrogen) atoms. The maximum Gasteiger partial charge on any atom is 0.251 e. The number of aromatic hydroxyl groups is 1. The highest BCUT2D eigenvalue weighted by Crippen LogP contribution is 2.24. The molecule has 0 saturated carbocycles. The van der Waals surface area contributed by atoms with E-state index in [0.29, 0.717) is 24.7 Å². The minimum Gasteiger partial charge on any atom is -0.508 e. The molecule has 1 amide bonds. The first kappa shape index (κ1) is 22.0. The summed E-state index contributed by atoms with van der Waals surface area (Å²) in [5, 5.41) is 22.7. The third kappa shape index (κ3) is 6.66. The fourth-order valence-corrected chi connectivity index (χ4v) is 4.21. The van der Waals surface area contributed by atoms with Crippen molar-refractivity contribution in [3.63, 3.8) is 0 Å². The van der Waals surface area contributed by atoms with Crippen molar-refractivity contribution in [2.45, 2.75) is 32.2 Å². The number of rotatable bonds is 8. The number of nitrogens with zero attached hydrogens (tertiary/aromatic N) is 2. The summed E-state index contributed by atoms with van der Waals surface area (Å²) in [6.45, 7) is 6.15. The van der Waals surface area contributed by atoms with Crippen molar-refractivity contribution in [3.8, 4) is 5.75 Å². The van der Waals surface area contributed by atoms with Gasteiger partial charge in [0.2, 0.25) is 0 Å². The molecule has 1 fully saturated rings. The molecule has 1 aliphatic heterocycles. The molecule has 3 rings (SSSR count). The van der Waals surface area contributed by atoms with E-state index in [0.717, 1.165) is 44.9 Å². The van der Waals surface area contributed by atoms with Crippen LogP contribution in [0.4, 0.5) is 5.00 Å². The van der Waals surface area contributed by atoms with E-state index < -0.39 is 0 Å². The fraction of sp³-hybridized carbons (Fsp3) is 0.455. The molecule has 4 N–H and O–H groups in total. The Bertz CT molecular complexity index is 817. The molecule has 1 aliphatic rings. The smallest absolute Gasteiger partial charge is 0.251 e. The lowest BCUT2D eigenvalue weighted by atomic mass is 10.1. The Hall–Kier alpha value is -2.74. The van der Waals surface area contributed by atoms with Crippen LogP contribution in [0.2, 0.25) is 0 Å². The van der Waals surface area contributed by atoms with E-state index in [-0.39, 0.29) is 11.7 Å². The summed E-state index contributed by atoms with van der Waals surface area (Å²) in [5.74, 6) is 0.749. The number of benzene rings is 1. The molecule has 0 aliphatic carbocycles. The highest BCUT2D eigenvalue weighted by molar-refractivity contribution is 7.14. The van der Waals surface area contributed by atoms with E-state index in [9.17, 15) is 9.90 Å². The largest absolute Gasteiger partial charge is 0.508 e. The second-order valence-corrected chi connectivity index (χ2v) is 8.20. The highest BCUT2D eigenvalue weighted by atomic mass is 32.1. The minimum absolute atomic E-state index is 0.0924. The number of thiophene rings is 1. The van der Waals surface area contributed by atoms with E-state index in [1.807, 2.05) is 0 Å². The van der Waals surface area contributed by atoms with Crippen LogP contribution in [0.5, 0.6) is 5.75 Å². The lowest BCUT2D eigenvalue weighted by Gasteiger charge is -2.33. The number of amides is 1. The number of hydrogen-bond donors (Lipinski definition) is 4. The van der Waals surface area contributed by atoms with Crippen molar-refractivity contribution >= 4 is 28.2 Å². The second-order valence-electron chi connectivity index (χ2n) is 7.28. The van der Waals surface area contributed by atoms with Gasteiger partial charge in [-0.3, -0.25) is 9.79 Å². The van der Waals surface area contributed by atoms with Crippen LogP contribution in [-0.2, 0) is 0 Å². The zero-order valence-corrected chi connectivity index (χ0v) is 18.3. The van der Waals surface area contributed by atoms with Gasteiger partial charge in [0.1, 0.15) is 5.75 Å². The van der Waals surface area contributed by atoms with Crippen LogP contribution in [0, 0.1) is 0 Å². The van der Waals surface area contributed by atoms with Crippen LogP contribution < -0.4 is 20.9 Å². The molecule has 7 nitrogen and oxygen atoms in total. The van der Waals surface area contributed by atoms with Crippen LogP contribution in [-0.4, -0.2) is 55.7 Å². The van der Waals surface area contributed by atoms with Crippen LogP contribution in [0.25, 0.3) is 0 Å². The molecule has 1 saturated heterocycles. The summed E-state index contributed by atoms with van der Waals surface area (Å²) in [7, 11) is 0. The van der Waals surface area contributed by atoms with E-state index in [2.05, 4.69) is 50.3 Å². The molecule has 1 aromatic carbocycles. The minimum atomic E-state index is -0.183. The predicted molar refractivity (Wildman–Crippen MR) is 124 cm³/mol. The third-order valence-electron chi connectivity index (χ3n) is 5.00. The molecule has 0 atom stereocenters. The molecule has 0 bridgehead atoms. The number of nitrogens with one attached hydrogen (secondary N) is 3. The Morgan fingerprint density at radius 2 is 2.07 bits per heavy atom. The topological polar surface area (TPSA) is 89.0 Å². The van der Waals surface area contributed by atoms with Crippen LogP contribution in [0.3, 0.4) is 0 Å². The highest BCUT2D eigenvalue weighted by Gasteiger charge is 2.20. The zero-order valence-electron chi connectivity index (χ0n) is 17.4. The van der Waals surface area contributed by atoms with Gasteiger partial charge in [-0.2, -0.15) is 0 Å². The summed E-state index contributed by atoms with van der Waals surface area (Å²) in [6.07, 6.45) is 2.92.